The number of halogens is 2. The van der Waals surface area contributed by atoms with Gasteiger partial charge in [-0.25, -0.2) is 9.78 Å². The van der Waals surface area contributed by atoms with Crippen LogP contribution in [0.4, 0.5) is 5.69 Å². The van der Waals surface area contributed by atoms with Gasteiger partial charge >= 0.3 is 5.69 Å². The van der Waals surface area contributed by atoms with Crippen LogP contribution in [0.1, 0.15) is 59.6 Å². The monoisotopic (exact) mass is 702 g/mol. The Morgan fingerprint density at radius 2 is 1.71 bits per heavy atom. The highest BCUT2D eigenvalue weighted by Gasteiger charge is 2.32. The molecular weight excluding hydrogens is 667 g/mol. The van der Waals surface area contributed by atoms with E-state index in [1.807, 2.05) is 18.2 Å². The summed E-state index contributed by atoms with van der Waals surface area (Å²) in [5.74, 6) is 0.556. The SMILES string of the molecule is Cn1cc(C(=O)Nc2cccc(-c3cccc(-c4cc5c(c(OCC6CC6)n4)C(NCC4CCC(=O)N4)CC5)c3Cl)c2Cl)c(=O)n(C)c1=O. The van der Waals surface area contributed by atoms with Gasteiger partial charge in [0.05, 0.1) is 28.0 Å². The maximum absolute atomic E-state index is 13.2. The van der Waals surface area contributed by atoms with E-state index in [4.69, 9.17) is 32.9 Å². The second kappa shape index (κ2) is 13.5. The van der Waals surface area contributed by atoms with E-state index < -0.39 is 17.2 Å². The van der Waals surface area contributed by atoms with Gasteiger partial charge in [0.15, 0.2) is 0 Å². The molecule has 3 heterocycles. The average molecular weight is 704 g/mol. The number of nitrogens with zero attached hydrogens (tertiary/aromatic N) is 3. The molecule has 11 nitrogen and oxygen atoms in total. The summed E-state index contributed by atoms with van der Waals surface area (Å²) in [5, 5.41) is 10.1. The molecule has 2 atom stereocenters. The van der Waals surface area contributed by atoms with E-state index in [0.717, 1.165) is 47.8 Å². The molecule has 1 saturated heterocycles. The van der Waals surface area contributed by atoms with Gasteiger partial charge in [-0.1, -0.05) is 53.5 Å². The summed E-state index contributed by atoms with van der Waals surface area (Å²) in [7, 11) is 2.78. The molecule has 3 N–H and O–H groups in total. The maximum Gasteiger partial charge on any atom is 0.330 e. The van der Waals surface area contributed by atoms with E-state index in [9.17, 15) is 19.2 Å². The first-order chi connectivity index (χ1) is 23.6. The van der Waals surface area contributed by atoms with Crippen LogP contribution in [0.3, 0.4) is 0 Å². The van der Waals surface area contributed by atoms with Crippen molar-refractivity contribution in [1.82, 2.24) is 24.8 Å². The van der Waals surface area contributed by atoms with Crippen molar-refractivity contribution in [3.8, 4) is 28.3 Å². The molecule has 7 rings (SSSR count). The van der Waals surface area contributed by atoms with Crippen molar-refractivity contribution in [2.45, 2.75) is 50.6 Å². The Balaban J connectivity index is 1.19. The zero-order valence-electron chi connectivity index (χ0n) is 27.1. The van der Waals surface area contributed by atoms with Crippen LogP contribution in [0.5, 0.6) is 5.88 Å². The Kier molecular flexibility index (Phi) is 9.08. The van der Waals surface area contributed by atoms with Crippen molar-refractivity contribution >= 4 is 40.7 Å². The molecule has 2 aliphatic carbocycles. The summed E-state index contributed by atoms with van der Waals surface area (Å²) in [5.41, 5.74) is 3.67. The Hall–Kier alpha value is -4.45. The second-order valence-electron chi connectivity index (χ2n) is 13.0. The predicted molar refractivity (Wildman–Crippen MR) is 188 cm³/mol. The average Bonchev–Trinajstić information content (AvgIpc) is 3.69. The Bertz CT molecular complexity index is 2110. The Morgan fingerprint density at radius 1 is 0.980 bits per heavy atom. The van der Waals surface area contributed by atoms with E-state index in [1.54, 1.807) is 18.2 Å². The summed E-state index contributed by atoms with van der Waals surface area (Å²) >= 11 is 14.0. The first kappa shape index (κ1) is 33.1. The highest BCUT2D eigenvalue weighted by molar-refractivity contribution is 6.39. The maximum atomic E-state index is 13.2. The largest absolute Gasteiger partial charge is 0.477 e. The number of benzene rings is 2. The number of nitrogens with one attached hydrogen (secondary N) is 3. The van der Waals surface area contributed by atoms with E-state index in [0.29, 0.717) is 58.8 Å². The number of aromatic nitrogens is 3. The molecule has 2 aromatic carbocycles. The van der Waals surface area contributed by atoms with Gasteiger partial charge in [0.25, 0.3) is 11.5 Å². The summed E-state index contributed by atoms with van der Waals surface area (Å²) in [4.78, 5) is 54.7. The van der Waals surface area contributed by atoms with E-state index >= 15 is 0 Å². The Labute approximate surface area is 292 Å². The zero-order chi connectivity index (χ0) is 34.4. The fourth-order valence-corrected chi connectivity index (χ4v) is 7.18. The molecule has 0 spiro atoms. The van der Waals surface area contributed by atoms with Crippen molar-refractivity contribution in [3.05, 3.63) is 96.2 Å². The fraction of sp³-hybridized carbons (Fsp3) is 0.361. The summed E-state index contributed by atoms with van der Waals surface area (Å²) < 4.78 is 8.42. The minimum Gasteiger partial charge on any atom is -0.477 e. The van der Waals surface area contributed by atoms with Crippen LogP contribution in [0.2, 0.25) is 10.0 Å². The number of carbonyl (C=O) groups is 2. The van der Waals surface area contributed by atoms with Crippen molar-refractivity contribution in [1.29, 1.82) is 0 Å². The van der Waals surface area contributed by atoms with Gasteiger partial charge in [-0.05, 0) is 55.7 Å². The number of fused-ring (bicyclic) bond motifs is 1. The molecule has 0 bridgehead atoms. The predicted octanol–water partition coefficient (Wildman–Crippen LogP) is 5.02. The van der Waals surface area contributed by atoms with Crippen molar-refractivity contribution < 1.29 is 14.3 Å². The zero-order valence-corrected chi connectivity index (χ0v) is 28.7. The first-order valence-electron chi connectivity index (χ1n) is 16.4. The number of ether oxygens (including phenoxy) is 1. The normalized spacial score (nSPS) is 18.3. The lowest BCUT2D eigenvalue weighted by atomic mass is 9.99. The molecule has 0 radical (unpaired) electrons. The molecule has 49 heavy (non-hydrogen) atoms. The third-order valence-electron chi connectivity index (χ3n) is 9.51. The molecule has 2 aromatic heterocycles. The molecule has 254 valence electrons. The topological polar surface area (TPSA) is 136 Å². The number of anilines is 1. The lowest BCUT2D eigenvalue weighted by molar-refractivity contribution is -0.119. The van der Waals surface area contributed by atoms with Gasteiger partial charge in [0, 0.05) is 67.6 Å². The molecular formula is C36H36Cl2N6O5. The molecule has 2 fully saturated rings. The van der Waals surface area contributed by atoms with Gasteiger partial charge in [-0.2, -0.15) is 0 Å². The minimum absolute atomic E-state index is 0.0720. The first-order valence-corrected chi connectivity index (χ1v) is 17.2. The summed E-state index contributed by atoms with van der Waals surface area (Å²) in [6.45, 7) is 1.30. The number of aryl methyl sites for hydroxylation is 2. The summed E-state index contributed by atoms with van der Waals surface area (Å²) in [6, 6.07) is 13.1. The molecule has 1 saturated carbocycles. The molecule has 3 aliphatic rings. The highest BCUT2D eigenvalue weighted by atomic mass is 35.5. The van der Waals surface area contributed by atoms with Gasteiger partial charge in [-0.15, -0.1) is 0 Å². The molecule has 2 unspecified atom stereocenters. The number of carbonyl (C=O) groups excluding carboxylic acids is 2. The molecule has 1 aliphatic heterocycles. The van der Waals surface area contributed by atoms with Gasteiger partial charge in [-0.3, -0.25) is 19.0 Å². The van der Waals surface area contributed by atoms with E-state index in [-0.39, 0.29) is 34.3 Å². The van der Waals surface area contributed by atoms with Gasteiger partial charge in [0.2, 0.25) is 11.8 Å². The smallest absolute Gasteiger partial charge is 0.330 e. The van der Waals surface area contributed by atoms with Gasteiger partial charge < -0.3 is 25.3 Å². The quantitative estimate of drug-likeness (QED) is 0.211. The van der Waals surface area contributed by atoms with Crippen LogP contribution < -0.4 is 31.9 Å². The molecule has 4 aromatic rings. The number of hydrogen-bond donors (Lipinski definition) is 3. The van der Waals surface area contributed by atoms with Crippen molar-refractivity contribution in [2.24, 2.45) is 20.0 Å². The van der Waals surface area contributed by atoms with Crippen molar-refractivity contribution in [2.75, 3.05) is 18.5 Å². The summed E-state index contributed by atoms with van der Waals surface area (Å²) in [6.07, 6.45) is 6.66. The molecule has 2 amide bonds. The standard InChI is InChI=1S/C36H36Cl2N6O5/c1-43-17-25(35(47)44(2)36(43)48)33(46)41-27-8-4-6-23(32(27)38)22-5-3-7-24(31(22)37)28-15-20-11-13-26(39-16-21-12-14-29(45)40-21)30(20)34(42-28)49-18-19-9-10-19/h3-8,15,17,19,21,26,39H,9-14,16,18H2,1-2H3,(H,40,45)(H,41,46). The van der Waals surface area contributed by atoms with Crippen molar-refractivity contribution in [3.63, 3.8) is 0 Å². The number of hydrogen-bond acceptors (Lipinski definition) is 7. The minimum atomic E-state index is -0.713. The van der Waals surface area contributed by atoms with Crippen LogP contribution in [0.15, 0.2) is 58.3 Å². The van der Waals surface area contributed by atoms with Crippen LogP contribution >= 0.6 is 23.2 Å². The van der Waals surface area contributed by atoms with E-state index in [2.05, 4.69) is 22.0 Å². The number of pyridine rings is 1. The Morgan fingerprint density at radius 3 is 2.45 bits per heavy atom. The number of rotatable bonds is 10. The second-order valence-corrected chi connectivity index (χ2v) is 13.8. The number of amides is 2. The van der Waals surface area contributed by atoms with Crippen LogP contribution in [0.25, 0.3) is 22.4 Å². The van der Waals surface area contributed by atoms with E-state index in [1.165, 1.54) is 24.9 Å². The third kappa shape index (κ3) is 6.62. The highest BCUT2D eigenvalue weighted by Crippen LogP contribution is 2.44. The fourth-order valence-electron chi connectivity index (χ4n) is 6.58. The van der Waals surface area contributed by atoms with Crippen LogP contribution in [0, 0.1) is 5.92 Å². The molecule has 13 heteroatoms. The van der Waals surface area contributed by atoms with Crippen LogP contribution in [-0.2, 0) is 25.3 Å². The van der Waals surface area contributed by atoms with Crippen LogP contribution in [-0.4, -0.2) is 45.1 Å². The van der Waals surface area contributed by atoms with Gasteiger partial charge in [0.1, 0.15) is 5.56 Å². The lowest BCUT2D eigenvalue weighted by Crippen LogP contribution is -2.40. The lowest BCUT2D eigenvalue weighted by Gasteiger charge is -2.20. The third-order valence-corrected chi connectivity index (χ3v) is 10.3.